The van der Waals surface area contributed by atoms with E-state index in [0.717, 1.165) is 11.1 Å². The third kappa shape index (κ3) is 6.18. The minimum atomic E-state index is -2.97. The summed E-state index contributed by atoms with van der Waals surface area (Å²) in [5.41, 5.74) is 2.12. The molecule has 27 heavy (non-hydrogen) atoms. The van der Waals surface area contributed by atoms with Crippen molar-refractivity contribution < 1.29 is 32.6 Å². The smallest absolute Gasteiger partial charge is 0.387 e. The summed E-state index contributed by atoms with van der Waals surface area (Å²) in [4.78, 5) is 35.7. The summed E-state index contributed by atoms with van der Waals surface area (Å²) in [5, 5.41) is 2.04. The minimum Gasteiger partial charge on any atom is -0.452 e. The van der Waals surface area contributed by atoms with Crippen molar-refractivity contribution in [3.8, 4) is 5.75 Å². The van der Waals surface area contributed by atoms with Crippen LogP contribution in [0.25, 0.3) is 0 Å². The van der Waals surface area contributed by atoms with Gasteiger partial charge in [0.1, 0.15) is 5.75 Å². The van der Waals surface area contributed by atoms with Crippen LogP contribution in [-0.2, 0) is 9.53 Å². The number of rotatable bonds is 6. The Morgan fingerprint density at radius 2 is 1.56 bits per heavy atom. The average Bonchev–Trinajstić information content (AvgIpc) is 2.58. The molecule has 0 aliphatic rings. The number of alkyl halides is 2. The van der Waals surface area contributed by atoms with Crippen LogP contribution in [0.1, 0.15) is 31.8 Å². The molecule has 1 N–H and O–H groups in total. The third-order valence-corrected chi connectivity index (χ3v) is 3.39. The van der Waals surface area contributed by atoms with Crippen molar-refractivity contribution in [3.63, 3.8) is 0 Å². The fourth-order valence-corrected chi connectivity index (χ4v) is 2.33. The summed E-state index contributed by atoms with van der Waals surface area (Å²) < 4.78 is 33.2. The fourth-order valence-electron chi connectivity index (χ4n) is 2.33. The number of carbonyl (C=O) groups excluding carboxylic acids is 3. The Morgan fingerprint density at radius 3 is 2.11 bits per heavy atom. The van der Waals surface area contributed by atoms with E-state index in [-0.39, 0.29) is 11.3 Å². The van der Waals surface area contributed by atoms with Crippen molar-refractivity contribution in [3.05, 3.63) is 64.7 Å². The molecule has 0 radical (unpaired) electrons. The Balaban J connectivity index is 1.87. The van der Waals surface area contributed by atoms with Gasteiger partial charge in [-0.1, -0.05) is 17.2 Å². The van der Waals surface area contributed by atoms with E-state index in [0.29, 0.717) is 5.56 Å². The molecule has 0 spiro atoms. The van der Waals surface area contributed by atoms with Crippen LogP contribution in [0.5, 0.6) is 5.75 Å². The van der Waals surface area contributed by atoms with Crippen molar-refractivity contribution in [2.45, 2.75) is 20.5 Å². The number of benzene rings is 2. The molecule has 2 amide bonds. The molecule has 0 bridgehead atoms. The molecular weight excluding hydrogens is 360 g/mol. The second-order valence-electron chi connectivity index (χ2n) is 5.73. The molecule has 0 fully saturated rings. The standard InChI is InChI=1S/C19H17F2NO5/c1-11-7-12(2)9-14(8-11)18(25)26-10-16(23)22-17(24)13-3-5-15(6-4-13)27-19(20)21/h3-9,19H,10H2,1-2H3,(H,22,23,24). The number of esters is 1. The van der Waals surface area contributed by atoms with Gasteiger partial charge in [0.15, 0.2) is 6.61 Å². The van der Waals surface area contributed by atoms with Gasteiger partial charge in [0, 0.05) is 5.56 Å². The largest absolute Gasteiger partial charge is 0.452 e. The molecule has 0 heterocycles. The first kappa shape index (κ1) is 20.0. The molecule has 2 aromatic rings. The van der Waals surface area contributed by atoms with Gasteiger partial charge in [-0.05, 0) is 50.2 Å². The number of imide groups is 1. The van der Waals surface area contributed by atoms with Gasteiger partial charge in [0.2, 0.25) is 0 Å². The summed E-state index contributed by atoms with van der Waals surface area (Å²) in [6.07, 6.45) is 0. The maximum atomic E-state index is 12.1. The Hall–Kier alpha value is -3.29. The number of ether oxygens (including phenoxy) is 2. The second-order valence-corrected chi connectivity index (χ2v) is 5.73. The molecule has 0 aliphatic carbocycles. The Labute approximate surface area is 154 Å². The second kappa shape index (κ2) is 8.88. The highest BCUT2D eigenvalue weighted by Crippen LogP contribution is 2.15. The number of carbonyl (C=O) groups is 3. The predicted molar refractivity (Wildman–Crippen MR) is 91.7 cm³/mol. The van der Waals surface area contributed by atoms with Gasteiger partial charge in [0.25, 0.3) is 11.8 Å². The molecule has 0 aliphatic heterocycles. The molecule has 2 rings (SSSR count). The Morgan fingerprint density at radius 1 is 0.963 bits per heavy atom. The van der Waals surface area contributed by atoms with Crippen LogP contribution >= 0.6 is 0 Å². The summed E-state index contributed by atoms with van der Waals surface area (Å²) in [7, 11) is 0. The fraction of sp³-hybridized carbons (Fsp3) is 0.211. The van der Waals surface area contributed by atoms with Crippen molar-refractivity contribution in [2.75, 3.05) is 6.61 Å². The number of aryl methyl sites for hydroxylation is 2. The highest BCUT2D eigenvalue weighted by Gasteiger charge is 2.15. The van der Waals surface area contributed by atoms with E-state index in [4.69, 9.17) is 4.74 Å². The molecule has 0 aromatic heterocycles. The van der Waals surface area contributed by atoms with Crippen LogP contribution in [0.15, 0.2) is 42.5 Å². The summed E-state index contributed by atoms with van der Waals surface area (Å²) in [6, 6.07) is 9.93. The predicted octanol–water partition coefficient (Wildman–Crippen LogP) is 3.02. The zero-order chi connectivity index (χ0) is 20.0. The van der Waals surface area contributed by atoms with Crippen molar-refractivity contribution in [1.82, 2.24) is 5.32 Å². The maximum Gasteiger partial charge on any atom is 0.387 e. The third-order valence-electron chi connectivity index (χ3n) is 3.39. The van der Waals surface area contributed by atoms with Crippen molar-refractivity contribution >= 4 is 17.8 Å². The highest BCUT2D eigenvalue weighted by atomic mass is 19.3. The van der Waals surface area contributed by atoms with E-state index in [1.165, 1.54) is 24.3 Å². The van der Waals surface area contributed by atoms with Crippen molar-refractivity contribution in [2.24, 2.45) is 0 Å². The van der Waals surface area contributed by atoms with Crippen LogP contribution < -0.4 is 10.1 Å². The Kier molecular flexibility index (Phi) is 6.59. The summed E-state index contributed by atoms with van der Waals surface area (Å²) in [6.45, 7) is 0.0436. The Bertz CT molecular complexity index is 829. The van der Waals surface area contributed by atoms with Gasteiger partial charge in [-0.25, -0.2) is 4.79 Å². The van der Waals surface area contributed by atoms with E-state index >= 15 is 0 Å². The number of amides is 2. The molecule has 142 valence electrons. The van der Waals surface area contributed by atoms with Gasteiger partial charge >= 0.3 is 12.6 Å². The van der Waals surface area contributed by atoms with Crippen LogP contribution in [-0.4, -0.2) is 31.0 Å². The number of nitrogens with one attached hydrogen (secondary N) is 1. The molecule has 0 atom stereocenters. The molecule has 2 aromatic carbocycles. The molecule has 8 heteroatoms. The first-order chi connectivity index (χ1) is 12.7. The summed E-state index contributed by atoms with van der Waals surface area (Å²) >= 11 is 0. The van der Waals surface area contributed by atoms with Crippen LogP contribution in [0.2, 0.25) is 0 Å². The zero-order valence-electron chi connectivity index (χ0n) is 14.6. The van der Waals surface area contributed by atoms with E-state index in [1.807, 2.05) is 25.2 Å². The molecular formula is C19H17F2NO5. The summed E-state index contributed by atoms with van der Waals surface area (Å²) in [5.74, 6) is -2.37. The van der Waals surface area contributed by atoms with Gasteiger partial charge in [-0.15, -0.1) is 0 Å². The lowest BCUT2D eigenvalue weighted by Crippen LogP contribution is -2.34. The monoisotopic (exact) mass is 377 g/mol. The van der Waals surface area contributed by atoms with E-state index in [2.05, 4.69) is 4.74 Å². The van der Waals surface area contributed by atoms with Gasteiger partial charge in [-0.3, -0.25) is 14.9 Å². The number of hydrogen-bond acceptors (Lipinski definition) is 5. The number of halogens is 2. The van der Waals surface area contributed by atoms with Gasteiger partial charge in [0.05, 0.1) is 5.56 Å². The highest BCUT2D eigenvalue weighted by molar-refractivity contribution is 6.05. The average molecular weight is 377 g/mol. The van der Waals surface area contributed by atoms with Gasteiger partial charge in [-0.2, -0.15) is 8.78 Å². The maximum absolute atomic E-state index is 12.1. The first-order valence-corrected chi connectivity index (χ1v) is 7.89. The van der Waals surface area contributed by atoms with Crippen LogP contribution in [0.3, 0.4) is 0 Å². The SMILES string of the molecule is Cc1cc(C)cc(C(=O)OCC(=O)NC(=O)c2ccc(OC(F)F)cc2)c1. The first-order valence-electron chi connectivity index (χ1n) is 7.89. The topological polar surface area (TPSA) is 81.7 Å². The molecule has 0 saturated heterocycles. The van der Waals surface area contributed by atoms with Crippen LogP contribution in [0, 0.1) is 13.8 Å². The zero-order valence-corrected chi connectivity index (χ0v) is 14.6. The molecule has 6 nitrogen and oxygen atoms in total. The van der Waals surface area contributed by atoms with Gasteiger partial charge < -0.3 is 9.47 Å². The molecule has 0 unspecified atom stereocenters. The van der Waals surface area contributed by atoms with E-state index < -0.39 is 31.0 Å². The normalized spacial score (nSPS) is 10.4. The number of hydrogen-bond donors (Lipinski definition) is 1. The van der Waals surface area contributed by atoms with E-state index in [1.54, 1.807) is 12.1 Å². The minimum absolute atomic E-state index is 0.0607. The molecule has 0 saturated carbocycles. The van der Waals surface area contributed by atoms with E-state index in [9.17, 15) is 23.2 Å². The quantitative estimate of drug-likeness (QED) is 0.783. The van der Waals surface area contributed by atoms with Crippen LogP contribution in [0.4, 0.5) is 8.78 Å². The van der Waals surface area contributed by atoms with Crippen molar-refractivity contribution in [1.29, 1.82) is 0 Å². The lowest BCUT2D eigenvalue weighted by molar-refractivity contribution is -0.123. The lowest BCUT2D eigenvalue weighted by Gasteiger charge is -2.08. The lowest BCUT2D eigenvalue weighted by atomic mass is 10.1.